The van der Waals surface area contributed by atoms with Gasteiger partial charge in [0, 0.05) is 0 Å². The number of alkyl halides is 12. The molecule has 194 valence electrons. The van der Waals surface area contributed by atoms with Gasteiger partial charge in [0.15, 0.2) is 0 Å². The first-order valence-electron chi connectivity index (χ1n) is 8.49. The standard InChI is InChI=1S/C11H19F6N.C3HF6NO3S/c1-3-4-5-6-7-18(2)9(11(15,16)17)8-10(12,13)14;4-2(5,6)1(11)10-14(12,13)3(7,8)9/h9H,3-8H2,1-2H3;(H,10,11). The maximum Gasteiger partial charge on any atom is 0.516 e. The zero-order chi connectivity index (χ0) is 26.2. The summed E-state index contributed by atoms with van der Waals surface area (Å²) in [4.78, 5) is 10.6. The Kier molecular flexibility index (Phi) is 12.4. The Balaban J connectivity index is 0. The third kappa shape index (κ3) is 13.8. The van der Waals surface area contributed by atoms with Crippen LogP contribution in [0.25, 0.3) is 0 Å². The summed E-state index contributed by atoms with van der Waals surface area (Å²) < 4.78 is 162. The third-order valence-corrected chi connectivity index (χ3v) is 4.55. The third-order valence-electron chi connectivity index (χ3n) is 3.49. The van der Waals surface area contributed by atoms with E-state index in [1.165, 1.54) is 0 Å². The van der Waals surface area contributed by atoms with E-state index in [0.29, 0.717) is 6.42 Å². The number of rotatable bonds is 8. The van der Waals surface area contributed by atoms with Crippen molar-refractivity contribution in [3.63, 3.8) is 0 Å². The molecule has 0 spiro atoms. The van der Waals surface area contributed by atoms with Crippen molar-refractivity contribution < 1.29 is 65.9 Å². The molecule has 1 amide bonds. The second kappa shape index (κ2) is 12.1. The van der Waals surface area contributed by atoms with Crippen LogP contribution in [0, 0.1) is 0 Å². The van der Waals surface area contributed by atoms with Crippen LogP contribution in [0.4, 0.5) is 52.7 Å². The number of hydrogen-bond acceptors (Lipinski definition) is 4. The van der Waals surface area contributed by atoms with Crippen LogP contribution in [0.3, 0.4) is 0 Å². The predicted molar refractivity (Wildman–Crippen MR) is 86.5 cm³/mol. The summed E-state index contributed by atoms with van der Waals surface area (Å²) in [5, 5.41) is 0. The molecule has 0 aromatic carbocycles. The van der Waals surface area contributed by atoms with Gasteiger partial charge in [0.25, 0.3) is 0 Å². The van der Waals surface area contributed by atoms with Crippen molar-refractivity contribution in [2.24, 2.45) is 0 Å². The van der Waals surface area contributed by atoms with Crippen LogP contribution >= 0.6 is 0 Å². The summed E-state index contributed by atoms with van der Waals surface area (Å²) in [6.07, 6.45) is -14.2. The second-order valence-corrected chi connectivity index (χ2v) is 7.97. The Labute approximate surface area is 175 Å². The highest BCUT2D eigenvalue weighted by Crippen LogP contribution is 2.33. The van der Waals surface area contributed by atoms with Crippen molar-refractivity contribution in [2.45, 2.75) is 69.1 Å². The van der Waals surface area contributed by atoms with Gasteiger partial charge in [0.2, 0.25) is 0 Å². The van der Waals surface area contributed by atoms with E-state index in [-0.39, 0.29) is 11.3 Å². The molecule has 32 heavy (non-hydrogen) atoms. The van der Waals surface area contributed by atoms with Gasteiger partial charge in [-0.15, -0.1) is 0 Å². The van der Waals surface area contributed by atoms with E-state index in [0.717, 1.165) is 31.2 Å². The highest BCUT2D eigenvalue weighted by molar-refractivity contribution is 7.90. The smallest absolute Gasteiger partial charge is 0.295 e. The van der Waals surface area contributed by atoms with Crippen LogP contribution in [0.15, 0.2) is 0 Å². The van der Waals surface area contributed by atoms with Crippen molar-refractivity contribution >= 4 is 15.9 Å². The van der Waals surface area contributed by atoms with Crippen molar-refractivity contribution in [3.05, 3.63) is 0 Å². The fourth-order valence-electron chi connectivity index (χ4n) is 1.92. The van der Waals surface area contributed by atoms with Gasteiger partial charge < -0.3 is 0 Å². The minimum Gasteiger partial charge on any atom is -0.295 e. The predicted octanol–water partition coefficient (Wildman–Crippen LogP) is 4.90. The van der Waals surface area contributed by atoms with Crippen LogP contribution in [0.1, 0.15) is 39.0 Å². The van der Waals surface area contributed by atoms with E-state index in [1.807, 2.05) is 6.92 Å². The first-order chi connectivity index (χ1) is 14.0. The zero-order valence-electron chi connectivity index (χ0n) is 16.4. The van der Waals surface area contributed by atoms with Crippen LogP contribution in [-0.4, -0.2) is 62.9 Å². The molecule has 0 rings (SSSR count). The van der Waals surface area contributed by atoms with Crippen LogP contribution in [0.2, 0.25) is 0 Å². The molecule has 1 atom stereocenters. The van der Waals surface area contributed by atoms with Gasteiger partial charge in [-0.2, -0.15) is 61.1 Å². The molecule has 1 unspecified atom stereocenters. The number of carbonyl (C=O) groups is 1. The van der Waals surface area contributed by atoms with Crippen molar-refractivity contribution in [1.29, 1.82) is 0 Å². The highest BCUT2D eigenvalue weighted by Gasteiger charge is 2.51. The number of sulfonamides is 1. The maximum atomic E-state index is 12.5. The lowest BCUT2D eigenvalue weighted by Crippen LogP contribution is -2.46. The lowest BCUT2D eigenvalue weighted by atomic mass is 10.1. The second-order valence-electron chi connectivity index (χ2n) is 6.30. The number of unbranched alkanes of at least 4 members (excludes halogenated alkanes) is 3. The van der Waals surface area contributed by atoms with E-state index in [2.05, 4.69) is 0 Å². The maximum absolute atomic E-state index is 12.5. The molecule has 0 radical (unpaired) electrons. The Morgan fingerprint density at radius 2 is 1.34 bits per heavy atom. The largest absolute Gasteiger partial charge is 0.516 e. The molecule has 0 aromatic rings. The van der Waals surface area contributed by atoms with Crippen LogP contribution < -0.4 is 4.72 Å². The molecular formula is C14H20F12N2O3S. The molecule has 0 bridgehead atoms. The lowest BCUT2D eigenvalue weighted by molar-refractivity contribution is -0.222. The number of nitrogens with zero attached hydrogens (tertiary/aromatic N) is 1. The molecule has 1 N–H and O–H groups in total. The first-order valence-corrected chi connectivity index (χ1v) is 9.98. The molecular weight excluding hydrogens is 504 g/mol. The van der Waals surface area contributed by atoms with E-state index in [4.69, 9.17) is 0 Å². The molecule has 5 nitrogen and oxygen atoms in total. The SMILES string of the molecule is CCCCCCN(C)C(CC(F)(F)F)C(F)(F)F.O=C(NS(=O)(=O)C(F)(F)F)C(F)(F)F. The summed E-state index contributed by atoms with van der Waals surface area (Å²) in [7, 11) is -5.21. The van der Waals surface area contributed by atoms with E-state index in [9.17, 15) is 65.9 Å². The summed E-state index contributed by atoms with van der Waals surface area (Å²) in [6, 6.07) is -2.45. The summed E-state index contributed by atoms with van der Waals surface area (Å²) in [6.45, 7) is 1.98. The number of amides is 1. The normalized spacial score (nSPS) is 14.6. The molecule has 0 heterocycles. The molecule has 0 saturated carbocycles. The number of hydrogen-bond donors (Lipinski definition) is 1. The number of carbonyl (C=O) groups excluding carboxylic acids is 1. The molecule has 0 aliphatic heterocycles. The van der Waals surface area contributed by atoms with Crippen LogP contribution in [0.5, 0.6) is 0 Å². The fraction of sp³-hybridized carbons (Fsp3) is 0.929. The topological polar surface area (TPSA) is 66.5 Å². The van der Waals surface area contributed by atoms with Crippen molar-refractivity contribution in [2.75, 3.05) is 13.6 Å². The van der Waals surface area contributed by atoms with Crippen molar-refractivity contribution in [1.82, 2.24) is 9.62 Å². The number of nitrogens with one attached hydrogen (secondary N) is 1. The van der Waals surface area contributed by atoms with Crippen molar-refractivity contribution in [3.8, 4) is 0 Å². The zero-order valence-corrected chi connectivity index (χ0v) is 17.3. The van der Waals surface area contributed by atoms with E-state index < -0.39 is 52.4 Å². The molecule has 0 aliphatic rings. The minimum absolute atomic E-state index is 0.0280. The van der Waals surface area contributed by atoms with Crippen LogP contribution in [-0.2, 0) is 14.8 Å². The fourth-order valence-corrected chi connectivity index (χ4v) is 2.40. The van der Waals surface area contributed by atoms with E-state index in [1.54, 1.807) is 0 Å². The molecule has 0 aromatic heterocycles. The Morgan fingerprint density at radius 3 is 1.66 bits per heavy atom. The van der Waals surface area contributed by atoms with Gasteiger partial charge in [-0.25, -0.2) is 4.72 Å². The van der Waals surface area contributed by atoms with Gasteiger partial charge in [-0.3, -0.25) is 9.69 Å². The number of halogens is 12. The van der Waals surface area contributed by atoms with Gasteiger partial charge in [0.1, 0.15) is 6.04 Å². The van der Waals surface area contributed by atoms with Gasteiger partial charge in [-0.05, 0) is 20.0 Å². The molecule has 0 fully saturated rings. The first kappa shape index (κ1) is 32.7. The van der Waals surface area contributed by atoms with Gasteiger partial charge in [-0.1, -0.05) is 26.2 Å². The Hall–Kier alpha value is -1.46. The Morgan fingerprint density at radius 1 is 0.875 bits per heavy atom. The summed E-state index contributed by atoms with van der Waals surface area (Å²) in [5.74, 6) is -3.20. The monoisotopic (exact) mass is 524 g/mol. The molecule has 18 heteroatoms. The average molecular weight is 524 g/mol. The average Bonchev–Trinajstić information content (AvgIpc) is 2.53. The highest BCUT2D eigenvalue weighted by atomic mass is 32.2. The summed E-state index contributed by atoms with van der Waals surface area (Å²) in [5.41, 5.74) is -5.96. The minimum atomic E-state index is -6.30. The lowest BCUT2D eigenvalue weighted by Gasteiger charge is -2.30. The quantitative estimate of drug-likeness (QED) is 0.363. The Bertz CT molecular complexity index is 668. The molecule has 0 aliphatic carbocycles. The summed E-state index contributed by atoms with van der Waals surface area (Å²) >= 11 is 0. The van der Waals surface area contributed by atoms with Gasteiger partial charge >= 0.3 is 40.0 Å². The molecule has 0 saturated heterocycles. The van der Waals surface area contributed by atoms with Gasteiger partial charge in [0.05, 0.1) is 6.42 Å². The van der Waals surface area contributed by atoms with E-state index >= 15 is 0 Å².